The van der Waals surface area contributed by atoms with Gasteiger partial charge in [-0.15, -0.1) is 13.2 Å². The second-order valence-corrected chi connectivity index (χ2v) is 3.39. The Kier molecular flexibility index (Phi) is 5.12. The van der Waals surface area contributed by atoms with Crippen molar-refractivity contribution < 1.29 is 36.6 Å². The van der Waals surface area contributed by atoms with Crippen molar-refractivity contribution >= 4 is 5.97 Å². The van der Waals surface area contributed by atoms with Gasteiger partial charge in [0.2, 0.25) is 5.88 Å². The number of hydrogen-bond donors (Lipinski definition) is 0. The molecule has 1 rings (SSSR count). The van der Waals surface area contributed by atoms with Crippen molar-refractivity contribution in [1.29, 1.82) is 0 Å². The van der Waals surface area contributed by atoms with Crippen molar-refractivity contribution in [3.63, 3.8) is 0 Å². The minimum atomic E-state index is -5.05. The molecular formula is C11H11F4NO4. The topological polar surface area (TPSA) is 57.7 Å². The molecule has 1 aromatic heterocycles. The van der Waals surface area contributed by atoms with Crippen LogP contribution in [0.3, 0.4) is 0 Å². The summed E-state index contributed by atoms with van der Waals surface area (Å²) < 4.78 is 62.7. The van der Waals surface area contributed by atoms with Crippen LogP contribution in [0.25, 0.3) is 0 Å². The number of ether oxygens (including phenoxy) is 3. The SMILES string of the molecule is CCOC(=O)c1c(OC(F)(F)F)cnc(OC)c1CF. The van der Waals surface area contributed by atoms with Gasteiger partial charge in [-0.3, -0.25) is 0 Å². The van der Waals surface area contributed by atoms with Crippen LogP contribution in [0, 0.1) is 0 Å². The van der Waals surface area contributed by atoms with E-state index in [1.807, 2.05) is 0 Å². The van der Waals surface area contributed by atoms with Gasteiger partial charge >= 0.3 is 12.3 Å². The van der Waals surface area contributed by atoms with Gasteiger partial charge in [-0.2, -0.15) is 0 Å². The first-order chi connectivity index (χ1) is 9.34. The third-order valence-electron chi connectivity index (χ3n) is 2.14. The molecule has 1 aromatic rings. The molecule has 0 aromatic carbocycles. The molecule has 0 bridgehead atoms. The number of methoxy groups -OCH3 is 1. The van der Waals surface area contributed by atoms with Gasteiger partial charge in [0.1, 0.15) is 12.2 Å². The van der Waals surface area contributed by atoms with Gasteiger partial charge in [0.25, 0.3) is 0 Å². The molecule has 5 nitrogen and oxygen atoms in total. The van der Waals surface area contributed by atoms with Crippen LogP contribution < -0.4 is 9.47 Å². The number of carbonyl (C=O) groups is 1. The summed E-state index contributed by atoms with van der Waals surface area (Å²) in [5.74, 6) is -2.41. The Morgan fingerprint density at radius 1 is 1.40 bits per heavy atom. The van der Waals surface area contributed by atoms with E-state index in [2.05, 4.69) is 14.5 Å². The minimum Gasteiger partial charge on any atom is -0.481 e. The van der Waals surface area contributed by atoms with Gasteiger partial charge < -0.3 is 14.2 Å². The lowest BCUT2D eigenvalue weighted by Gasteiger charge is -2.15. The molecule has 1 heterocycles. The summed E-state index contributed by atoms with van der Waals surface area (Å²) in [5, 5.41) is 0. The summed E-state index contributed by atoms with van der Waals surface area (Å²) in [6.07, 6.45) is -4.43. The lowest BCUT2D eigenvalue weighted by atomic mass is 10.1. The van der Waals surface area contributed by atoms with E-state index in [1.165, 1.54) is 6.92 Å². The predicted octanol–water partition coefficient (Wildman–Crippen LogP) is 2.64. The Labute approximate surface area is 111 Å². The van der Waals surface area contributed by atoms with Crippen molar-refractivity contribution in [2.45, 2.75) is 20.0 Å². The van der Waals surface area contributed by atoms with Crippen LogP contribution in [0.1, 0.15) is 22.8 Å². The monoisotopic (exact) mass is 297 g/mol. The number of rotatable bonds is 5. The quantitative estimate of drug-likeness (QED) is 0.617. The van der Waals surface area contributed by atoms with E-state index in [0.29, 0.717) is 6.20 Å². The summed E-state index contributed by atoms with van der Waals surface area (Å²) in [6, 6.07) is 0. The first-order valence-electron chi connectivity index (χ1n) is 5.38. The minimum absolute atomic E-state index is 0.0966. The molecule has 20 heavy (non-hydrogen) atoms. The van der Waals surface area contributed by atoms with Crippen LogP contribution in [-0.4, -0.2) is 31.0 Å². The number of alkyl halides is 4. The maximum atomic E-state index is 13.0. The predicted molar refractivity (Wildman–Crippen MR) is 58.2 cm³/mol. The molecule has 0 N–H and O–H groups in total. The third kappa shape index (κ3) is 3.72. The Morgan fingerprint density at radius 2 is 2.05 bits per heavy atom. The summed E-state index contributed by atoms with van der Waals surface area (Å²) in [7, 11) is 1.14. The fourth-order valence-electron chi connectivity index (χ4n) is 1.44. The summed E-state index contributed by atoms with van der Waals surface area (Å²) in [6.45, 7) is 0.0930. The van der Waals surface area contributed by atoms with Crippen molar-refractivity contribution in [2.24, 2.45) is 0 Å². The highest BCUT2D eigenvalue weighted by molar-refractivity contribution is 5.94. The number of hydrogen-bond acceptors (Lipinski definition) is 5. The number of nitrogens with zero attached hydrogens (tertiary/aromatic N) is 1. The van der Waals surface area contributed by atoms with E-state index in [1.54, 1.807) is 0 Å². The molecule has 0 unspecified atom stereocenters. The molecule has 0 radical (unpaired) electrons. The highest BCUT2D eigenvalue weighted by Crippen LogP contribution is 2.33. The van der Waals surface area contributed by atoms with E-state index in [4.69, 9.17) is 4.74 Å². The number of aromatic nitrogens is 1. The molecule has 112 valence electrons. The first kappa shape index (κ1) is 16.0. The zero-order valence-corrected chi connectivity index (χ0v) is 10.6. The standard InChI is InChI=1S/C11H11F4NO4/c1-3-19-10(17)8-6(4-12)9(18-2)16-5-7(8)20-11(13,14)15/h5H,3-4H2,1-2H3. The molecule has 0 atom stereocenters. The number of halogens is 4. The van der Waals surface area contributed by atoms with E-state index >= 15 is 0 Å². The Bertz CT molecular complexity index is 490. The lowest BCUT2D eigenvalue weighted by Crippen LogP contribution is -2.21. The Hall–Kier alpha value is -2.06. The second kappa shape index (κ2) is 6.40. The Balaban J connectivity index is 3.39. The van der Waals surface area contributed by atoms with Crippen LogP contribution in [0.5, 0.6) is 11.6 Å². The number of pyridine rings is 1. The average molecular weight is 297 g/mol. The number of esters is 1. The smallest absolute Gasteiger partial charge is 0.481 e. The molecular weight excluding hydrogens is 286 g/mol. The van der Waals surface area contributed by atoms with E-state index in [9.17, 15) is 22.4 Å². The molecule has 0 saturated carbocycles. The van der Waals surface area contributed by atoms with Crippen molar-refractivity contribution in [3.8, 4) is 11.6 Å². The Morgan fingerprint density at radius 3 is 2.50 bits per heavy atom. The average Bonchev–Trinajstić information content (AvgIpc) is 2.36. The van der Waals surface area contributed by atoms with Gasteiger partial charge in [0, 0.05) is 0 Å². The largest absolute Gasteiger partial charge is 0.573 e. The van der Waals surface area contributed by atoms with Crippen LogP contribution in [0.4, 0.5) is 17.6 Å². The van der Waals surface area contributed by atoms with Crippen molar-refractivity contribution in [1.82, 2.24) is 4.98 Å². The van der Waals surface area contributed by atoms with Crippen LogP contribution in [-0.2, 0) is 11.4 Å². The highest BCUT2D eigenvalue weighted by Gasteiger charge is 2.35. The second-order valence-electron chi connectivity index (χ2n) is 3.39. The van der Waals surface area contributed by atoms with Crippen LogP contribution in [0.15, 0.2) is 6.20 Å². The maximum absolute atomic E-state index is 13.0. The normalized spacial score (nSPS) is 11.1. The highest BCUT2D eigenvalue weighted by atomic mass is 19.4. The van der Waals surface area contributed by atoms with Crippen molar-refractivity contribution in [2.75, 3.05) is 13.7 Å². The van der Waals surface area contributed by atoms with Gasteiger partial charge in [0.05, 0.1) is 25.5 Å². The summed E-state index contributed by atoms with van der Waals surface area (Å²) in [5.41, 5.74) is -1.16. The van der Waals surface area contributed by atoms with Crippen LogP contribution in [0.2, 0.25) is 0 Å². The fraction of sp³-hybridized carbons (Fsp3) is 0.455. The molecule has 0 saturated heterocycles. The van der Waals surface area contributed by atoms with Gasteiger partial charge in [-0.05, 0) is 6.92 Å². The molecule has 0 aliphatic carbocycles. The van der Waals surface area contributed by atoms with E-state index in [0.717, 1.165) is 7.11 Å². The zero-order valence-electron chi connectivity index (χ0n) is 10.6. The fourth-order valence-corrected chi connectivity index (χ4v) is 1.44. The van der Waals surface area contributed by atoms with Gasteiger partial charge in [-0.1, -0.05) is 0 Å². The molecule has 0 aliphatic heterocycles. The molecule has 0 aliphatic rings. The van der Waals surface area contributed by atoms with Gasteiger partial charge in [-0.25, -0.2) is 14.2 Å². The number of carbonyl (C=O) groups excluding carboxylic acids is 1. The summed E-state index contributed by atoms with van der Waals surface area (Å²) >= 11 is 0. The third-order valence-corrected chi connectivity index (χ3v) is 2.14. The van der Waals surface area contributed by atoms with Crippen LogP contribution >= 0.6 is 0 Å². The maximum Gasteiger partial charge on any atom is 0.573 e. The summed E-state index contributed by atoms with van der Waals surface area (Å²) in [4.78, 5) is 15.1. The van der Waals surface area contributed by atoms with Gasteiger partial charge in [0.15, 0.2) is 5.75 Å². The molecule has 0 spiro atoms. The zero-order chi connectivity index (χ0) is 15.3. The van der Waals surface area contributed by atoms with E-state index < -0.39 is 35.9 Å². The van der Waals surface area contributed by atoms with Crippen molar-refractivity contribution in [3.05, 3.63) is 17.3 Å². The lowest BCUT2D eigenvalue weighted by molar-refractivity contribution is -0.274. The molecule has 0 fully saturated rings. The molecule has 9 heteroatoms. The molecule has 0 amide bonds. The first-order valence-corrected chi connectivity index (χ1v) is 5.38. The van der Waals surface area contributed by atoms with E-state index in [-0.39, 0.29) is 12.5 Å².